The van der Waals surface area contributed by atoms with Crippen molar-refractivity contribution in [3.8, 4) is 0 Å². The van der Waals surface area contributed by atoms with Crippen LogP contribution in [-0.2, 0) is 6.54 Å². The quantitative estimate of drug-likeness (QED) is 0.942. The molecule has 106 valence electrons. The number of benzene rings is 1. The Labute approximate surface area is 124 Å². The molecule has 1 aromatic carbocycles. The van der Waals surface area contributed by atoms with E-state index in [1.165, 1.54) is 23.2 Å². The van der Waals surface area contributed by atoms with E-state index in [-0.39, 0.29) is 0 Å². The van der Waals surface area contributed by atoms with Gasteiger partial charge in [0.15, 0.2) is 0 Å². The maximum atomic E-state index is 5.94. The zero-order chi connectivity index (χ0) is 13.9. The molecule has 4 heteroatoms. The summed E-state index contributed by atoms with van der Waals surface area (Å²) < 4.78 is 0. The number of pyridine rings is 1. The van der Waals surface area contributed by atoms with Gasteiger partial charge in [0.05, 0.1) is 11.2 Å². The number of aromatic nitrogens is 1. The maximum absolute atomic E-state index is 5.94. The van der Waals surface area contributed by atoms with E-state index in [1.54, 1.807) is 0 Å². The molecule has 0 saturated carbocycles. The van der Waals surface area contributed by atoms with Crippen LogP contribution in [-0.4, -0.2) is 29.1 Å². The monoisotopic (exact) mass is 287 g/mol. The number of thioether (sulfide) groups is 1. The highest BCUT2D eigenvalue weighted by Gasteiger charge is 2.22. The Kier molecular flexibility index (Phi) is 4.13. The molecule has 0 spiro atoms. The van der Waals surface area contributed by atoms with E-state index in [9.17, 15) is 0 Å². The third-order valence-corrected chi connectivity index (χ3v) is 5.33. The minimum atomic E-state index is 0.549. The highest BCUT2D eigenvalue weighted by molar-refractivity contribution is 8.00. The summed E-state index contributed by atoms with van der Waals surface area (Å²) in [6, 6.07) is 8.38. The van der Waals surface area contributed by atoms with Crippen molar-refractivity contribution >= 4 is 28.4 Å². The van der Waals surface area contributed by atoms with Gasteiger partial charge in [-0.15, -0.1) is 0 Å². The predicted molar refractivity (Wildman–Crippen MR) is 88.4 cm³/mol. The first-order chi connectivity index (χ1) is 9.83. The predicted octanol–water partition coefficient (Wildman–Crippen LogP) is 3.03. The molecule has 0 amide bonds. The van der Waals surface area contributed by atoms with Gasteiger partial charge in [-0.2, -0.15) is 11.8 Å². The standard InChI is InChI=1S/C16H21N3S/c1-2-13-11-19(7-8-20-13)16-12(9-17)10-18-15-6-4-3-5-14(15)16/h3-6,10,13H,2,7-9,11,17H2,1H3. The van der Waals surface area contributed by atoms with Crippen LogP contribution in [0.2, 0.25) is 0 Å². The molecule has 0 bridgehead atoms. The van der Waals surface area contributed by atoms with Crippen molar-refractivity contribution in [1.29, 1.82) is 0 Å². The van der Waals surface area contributed by atoms with Crippen LogP contribution in [0.1, 0.15) is 18.9 Å². The molecule has 2 aromatic rings. The second-order valence-corrected chi connectivity index (χ2v) is 6.61. The lowest BCUT2D eigenvalue weighted by Crippen LogP contribution is -2.38. The van der Waals surface area contributed by atoms with Crippen molar-refractivity contribution in [1.82, 2.24) is 4.98 Å². The minimum Gasteiger partial charge on any atom is -0.369 e. The number of nitrogens with two attached hydrogens (primary N) is 1. The third-order valence-electron chi connectivity index (χ3n) is 3.95. The fraction of sp³-hybridized carbons (Fsp3) is 0.438. The van der Waals surface area contributed by atoms with Gasteiger partial charge in [0, 0.05) is 47.8 Å². The Morgan fingerprint density at radius 2 is 2.25 bits per heavy atom. The van der Waals surface area contributed by atoms with Crippen LogP contribution in [0.5, 0.6) is 0 Å². The fourth-order valence-corrected chi connectivity index (χ4v) is 4.04. The Hall–Kier alpha value is -1.26. The first-order valence-corrected chi connectivity index (χ1v) is 8.31. The number of para-hydroxylation sites is 1. The molecule has 1 fully saturated rings. The van der Waals surface area contributed by atoms with Gasteiger partial charge in [-0.25, -0.2) is 0 Å². The molecule has 1 unspecified atom stereocenters. The summed E-state index contributed by atoms with van der Waals surface area (Å²) in [4.78, 5) is 7.05. The SMILES string of the molecule is CCC1CN(c2c(CN)cnc3ccccc23)CCS1. The van der Waals surface area contributed by atoms with Gasteiger partial charge >= 0.3 is 0 Å². The molecule has 1 aromatic heterocycles. The summed E-state index contributed by atoms with van der Waals surface area (Å²) in [5, 5.41) is 1.96. The van der Waals surface area contributed by atoms with Crippen LogP contribution in [0.4, 0.5) is 5.69 Å². The van der Waals surface area contributed by atoms with E-state index in [0.717, 1.165) is 29.4 Å². The van der Waals surface area contributed by atoms with Crippen molar-refractivity contribution in [3.63, 3.8) is 0 Å². The van der Waals surface area contributed by atoms with Crippen LogP contribution in [0.25, 0.3) is 10.9 Å². The number of nitrogens with zero attached hydrogens (tertiary/aromatic N) is 2. The third kappa shape index (κ3) is 2.50. The van der Waals surface area contributed by atoms with Gasteiger partial charge in [-0.3, -0.25) is 4.98 Å². The Morgan fingerprint density at radius 3 is 3.05 bits per heavy atom. The van der Waals surface area contributed by atoms with E-state index in [2.05, 4.69) is 46.8 Å². The second-order valence-electron chi connectivity index (χ2n) is 5.20. The molecule has 2 N–H and O–H groups in total. The number of hydrogen-bond acceptors (Lipinski definition) is 4. The topological polar surface area (TPSA) is 42.1 Å². The molecule has 1 atom stereocenters. The molecule has 1 aliphatic heterocycles. The summed E-state index contributed by atoms with van der Waals surface area (Å²) in [6.07, 6.45) is 3.17. The van der Waals surface area contributed by atoms with Gasteiger partial charge in [0.1, 0.15) is 0 Å². The van der Waals surface area contributed by atoms with Crippen molar-refractivity contribution in [2.75, 3.05) is 23.7 Å². The Morgan fingerprint density at radius 1 is 1.40 bits per heavy atom. The molecule has 0 aliphatic carbocycles. The van der Waals surface area contributed by atoms with Crippen LogP contribution in [0.15, 0.2) is 30.5 Å². The lowest BCUT2D eigenvalue weighted by atomic mass is 10.1. The van der Waals surface area contributed by atoms with Crippen molar-refractivity contribution in [2.24, 2.45) is 5.73 Å². The van der Waals surface area contributed by atoms with E-state index in [0.29, 0.717) is 6.54 Å². The van der Waals surface area contributed by atoms with Crippen LogP contribution < -0.4 is 10.6 Å². The molecule has 1 saturated heterocycles. The molecule has 1 aliphatic rings. The van der Waals surface area contributed by atoms with Crippen LogP contribution in [0, 0.1) is 0 Å². The van der Waals surface area contributed by atoms with Gasteiger partial charge in [-0.05, 0) is 12.5 Å². The highest BCUT2D eigenvalue weighted by Crippen LogP contribution is 2.33. The summed E-state index contributed by atoms with van der Waals surface area (Å²) in [7, 11) is 0. The molecule has 3 rings (SSSR count). The van der Waals surface area contributed by atoms with Crippen molar-refractivity contribution in [3.05, 3.63) is 36.0 Å². The highest BCUT2D eigenvalue weighted by atomic mass is 32.2. The van der Waals surface area contributed by atoms with E-state index in [1.807, 2.05) is 12.3 Å². The number of rotatable bonds is 3. The summed E-state index contributed by atoms with van der Waals surface area (Å²) in [5.41, 5.74) is 9.47. The summed E-state index contributed by atoms with van der Waals surface area (Å²) in [5.74, 6) is 1.19. The number of anilines is 1. The first-order valence-electron chi connectivity index (χ1n) is 7.26. The molecule has 3 nitrogen and oxygen atoms in total. The van der Waals surface area contributed by atoms with Crippen LogP contribution in [0.3, 0.4) is 0 Å². The summed E-state index contributed by atoms with van der Waals surface area (Å²) >= 11 is 2.09. The average Bonchev–Trinajstić information content (AvgIpc) is 2.53. The second kappa shape index (κ2) is 6.02. The lowest BCUT2D eigenvalue weighted by molar-refractivity contribution is 0.726. The average molecular weight is 287 g/mol. The smallest absolute Gasteiger partial charge is 0.0723 e. The van der Waals surface area contributed by atoms with Crippen molar-refractivity contribution < 1.29 is 0 Å². The molecule has 2 heterocycles. The zero-order valence-electron chi connectivity index (χ0n) is 11.9. The first kappa shape index (κ1) is 13.7. The Balaban J connectivity index is 2.08. The van der Waals surface area contributed by atoms with Gasteiger partial charge in [-0.1, -0.05) is 25.1 Å². The maximum Gasteiger partial charge on any atom is 0.0723 e. The zero-order valence-corrected chi connectivity index (χ0v) is 12.7. The molecular formula is C16H21N3S. The largest absolute Gasteiger partial charge is 0.369 e. The molecular weight excluding hydrogens is 266 g/mol. The van der Waals surface area contributed by atoms with Gasteiger partial charge in [0.25, 0.3) is 0 Å². The number of hydrogen-bond donors (Lipinski definition) is 1. The summed E-state index contributed by atoms with van der Waals surface area (Å²) in [6.45, 7) is 5.04. The van der Waals surface area contributed by atoms with Gasteiger partial charge < -0.3 is 10.6 Å². The van der Waals surface area contributed by atoms with Crippen LogP contribution >= 0.6 is 11.8 Å². The molecule has 20 heavy (non-hydrogen) atoms. The lowest BCUT2D eigenvalue weighted by Gasteiger charge is -2.35. The Bertz CT molecular complexity index is 599. The van der Waals surface area contributed by atoms with Gasteiger partial charge in [0.2, 0.25) is 0 Å². The fourth-order valence-electron chi connectivity index (χ4n) is 2.86. The molecule has 0 radical (unpaired) electrons. The van der Waals surface area contributed by atoms with E-state index in [4.69, 9.17) is 5.73 Å². The van der Waals surface area contributed by atoms with Crippen molar-refractivity contribution in [2.45, 2.75) is 25.1 Å². The van der Waals surface area contributed by atoms with E-state index < -0.39 is 0 Å². The minimum absolute atomic E-state index is 0.549. The number of fused-ring (bicyclic) bond motifs is 1. The van der Waals surface area contributed by atoms with E-state index >= 15 is 0 Å². The normalized spacial score (nSPS) is 19.5.